The summed E-state index contributed by atoms with van der Waals surface area (Å²) in [6.45, 7) is 9.81. The zero-order valence-electron chi connectivity index (χ0n) is 18.7. The highest BCUT2D eigenvalue weighted by Crippen LogP contribution is 2.33. The molecular formula is C27H35NO3. The zero-order valence-corrected chi connectivity index (χ0v) is 18.7. The van der Waals surface area contributed by atoms with E-state index in [1.165, 1.54) is 5.56 Å². The Kier molecular flexibility index (Phi) is 8.61. The van der Waals surface area contributed by atoms with Gasteiger partial charge in [-0.25, -0.2) is 0 Å². The van der Waals surface area contributed by atoms with Crippen molar-refractivity contribution in [3.8, 4) is 0 Å². The van der Waals surface area contributed by atoms with Gasteiger partial charge in [0.1, 0.15) is 12.2 Å². The van der Waals surface area contributed by atoms with Gasteiger partial charge in [0.05, 0.1) is 12.6 Å². The maximum atomic E-state index is 11.5. The molecular weight excluding hydrogens is 386 g/mol. The van der Waals surface area contributed by atoms with Crippen LogP contribution in [0.2, 0.25) is 0 Å². The Morgan fingerprint density at radius 1 is 1.10 bits per heavy atom. The molecule has 1 aliphatic heterocycles. The van der Waals surface area contributed by atoms with Gasteiger partial charge in [-0.15, -0.1) is 6.58 Å². The van der Waals surface area contributed by atoms with Gasteiger partial charge in [-0.3, -0.25) is 4.90 Å². The molecule has 2 aromatic rings. The molecule has 0 saturated carbocycles. The first-order valence-electron chi connectivity index (χ1n) is 11.2. The van der Waals surface area contributed by atoms with E-state index in [4.69, 9.17) is 9.47 Å². The van der Waals surface area contributed by atoms with Crippen LogP contribution in [0.4, 0.5) is 0 Å². The molecule has 1 N–H and O–H groups in total. The van der Waals surface area contributed by atoms with Crippen molar-refractivity contribution in [1.82, 2.24) is 4.90 Å². The largest absolute Gasteiger partial charge is 0.388 e. The molecule has 0 bridgehead atoms. The minimum atomic E-state index is -0.733. The third-order valence-electron chi connectivity index (χ3n) is 5.98. The summed E-state index contributed by atoms with van der Waals surface area (Å²) in [4.78, 5) is 2.23. The van der Waals surface area contributed by atoms with Gasteiger partial charge >= 0.3 is 0 Å². The molecule has 4 nitrogen and oxygen atoms in total. The summed E-state index contributed by atoms with van der Waals surface area (Å²) in [5.74, 6) is -0.595. The van der Waals surface area contributed by atoms with Gasteiger partial charge in [-0.05, 0) is 24.0 Å². The highest BCUT2D eigenvalue weighted by molar-refractivity contribution is 5.49. The van der Waals surface area contributed by atoms with Crippen LogP contribution in [0.25, 0.3) is 6.08 Å². The first-order chi connectivity index (χ1) is 15.1. The summed E-state index contributed by atoms with van der Waals surface area (Å²) in [6, 6.07) is 20.2. The van der Waals surface area contributed by atoms with Crippen LogP contribution in [0.5, 0.6) is 0 Å². The third kappa shape index (κ3) is 6.14. The second-order valence-electron chi connectivity index (χ2n) is 8.04. The summed E-state index contributed by atoms with van der Waals surface area (Å²) >= 11 is 0. The Labute approximate surface area is 186 Å². The molecule has 4 heteroatoms. The number of ether oxygens (including phenoxy) is 2. The smallest absolute Gasteiger partial charge is 0.168 e. The van der Waals surface area contributed by atoms with Crippen LogP contribution in [0.3, 0.4) is 0 Å². The van der Waals surface area contributed by atoms with Crippen LogP contribution in [0.15, 0.2) is 79.4 Å². The second-order valence-corrected chi connectivity index (χ2v) is 8.04. The van der Waals surface area contributed by atoms with Crippen molar-refractivity contribution in [3.05, 3.63) is 90.5 Å². The van der Waals surface area contributed by atoms with E-state index in [0.29, 0.717) is 19.7 Å². The van der Waals surface area contributed by atoms with Gasteiger partial charge in [0.15, 0.2) is 5.79 Å². The average molecular weight is 422 g/mol. The van der Waals surface area contributed by atoms with Gasteiger partial charge in [0.2, 0.25) is 0 Å². The topological polar surface area (TPSA) is 41.9 Å². The number of aliphatic hydroxyl groups is 1. The van der Waals surface area contributed by atoms with E-state index < -0.39 is 11.9 Å². The fourth-order valence-corrected chi connectivity index (χ4v) is 4.09. The van der Waals surface area contributed by atoms with Crippen molar-refractivity contribution < 1.29 is 14.6 Å². The Morgan fingerprint density at radius 3 is 2.32 bits per heavy atom. The summed E-state index contributed by atoms with van der Waals surface area (Å²) in [7, 11) is 0. The van der Waals surface area contributed by atoms with E-state index in [9.17, 15) is 5.11 Å². The second kappa shape index (κ2) is 11.4. The van der Waals surface area contributed by atoms with E-state index >= 15 is 0 Å². The quantitative estimate of drug-likeness (QED) is 0.516. The third-order valence-corrected chi connectivity index (χ3v) is 5.98. The summed E-state index contributed by atoms with van der Waals surface area (Å²) in [6.07, 6.45) is 6.44. The number of rotatable bonds is 11. The fraction of sp³-hybridized carbons (Fsp3) is 0.407. The van der Waals surface area contributed by atoms with Gasteiger partial charge in [0.25, 0.3) is 0 Å². The molecule has 1 saturated heterocycles. The number of hydrogen-bond donors (Lipinski definition) is 1. The standard InChI is InChI=1S/C27H35NO3/c1-4-19-28(20-23-15-11-8-12-16-23)24(18-17-22-13-9-7-10-14-22)26(29)25-21-30-27(5-2,6-3)31-25/h4,7-18,24-26,29H,1,5-6,19-21H2,2-3H3/b18-17+/t24-,25+,26-/m0/s1. The fourth-order valence-electron chi connectivity index (χ4n) is 4.09. The zero-order chi connectivity index (χ0) is 22.1. The lowest BCUT2D eigenvalue weighted by Crippen LogP contribution is -2.48. The minimum absolute atomic E-state index is 0.253. The lowest BCUT2D eigenvalue weighted by atomic mass is 10.0. The average Bonchev–Trinajstić information content (AvgIpc) is 3.26. The lowest BCUT2D eigenvalue weighted by molar-refractivity contribution is -0.184. The van der Waals surface area contributed by atoms with Gasteiger partial charge < -0.3 is 14.6 Å². The highest BCUT2D eigenvalue weighted by Gasteiger charge is 2.43. The maximum Gasteiger partial charge on any atom is 0.168 e. The molecule has 3 atom stereocenters. The Bertz CT molecular complexity index is 817. The molecule has 0 amide bonds. The van der Waals surface area contributed by atoms with E-state index in [0.717, 1.165) is 18.4 Å². The number of aliphatic hydroxyl groups excluding tert-OH is 1. The molecule has 1 heterocycles. The highest BCUT2D eigenvalue weighted by atomic mass is 16.7. The van der Waals surface area contributed by atoms with E-state index in [-0.39, 0.29) is 12.1 Å². The monoisotopic (exact) mass is 421 g/mol. The first-order valence-corrected chi connectivity index (χ1v) is 11.2. The summed E-state index contributed by atoms with van der Waals surface area (Å²) in [5, 5.41) is 11.5. The first kappa shape index (κ1) is 23.4. The van der Waals surface area contributed by atoms with Crippen molar-refractivity contribution in [3.63, 3.8) is 0 Å². The molecule has 0 spiro atoms. The Balaban J connectivity index is 1.87. The van der Waals surface area contributed by atoms with Crippen LogP contribution in [-0.2, 0) is 16.0 Å². The van der Waals surface area contributed by atoms with Crippen LogP contribution < -0.4 is 0 Å². The minimum Gasteiger partial charge on any atom is -0.388 e. The molecule has 3 rings (SSSR count). The SMILES string of the molecule is C=CCN(Cc1ccccc1)[C@@H](/C=C/c1ccccc1)[C@H](O)[C@H]1COC(CC)(CC)O1. The Morgan fingerprint density at radius 2 is 1.74 bits per heavy atom. The molecule has 166 valence electrons. The number of nitrogens with zero attached hydrogens (tertiary/aromatic N) is 1. The normalized spacial score (nSPS) is 20.2. The summed E-state index contributed by atoms with van der Waals surface area (Å²) < 4.78 is 12.3. The molecule has 2 aromatic carbocycles. The molecule has 1 aliphatic rings. The molecule has 1 fully saturated rings. The number of benzene rings is 2. The molecule has 0 aromatic heterocycles. The lowest BCUT2D eigenvalue weighted by Gasteiger charge is -2.35. The molecule has 0 aliphatic carbocycles. The van der Waals surface area contributed by atoms with Crippen molar-refractivity contribution >= 4 is 6.08 Å². The van der Waals surface area contributed by atoms with E-state index in [1.54, 1.807) is 0 Å². The van der Waals surface area contributed by atoms with Crippen molar-refractivity contribution in [2.45, 2.75) is 57.3 Å². The summed E-state index contributed by atoms with van der Waals surface area (Å²) in [5.41, 5.74) is 2.28. The van der Waals surface area contributed by atoms with Crippen LogP contribution >= 0.6 is 0 Å². The van der Waals surface area contributed by atoms with Gasteiger partial charge in [0, 0.05) is 13.1 Å². The van der Waals surface area contributed by atoms with Crippen molar-refractivity contribution in [2.24, 2.45) is 0 Å². The predicted octanol–water partition coefficient (Wildman–Crippen LogP) is 5.05. The van der Waals surface area contributed by atoms with Gasteiger partial charge in [-0.2, -0.15) is 0 Å². The Hall–Kier alpha value is -2.24. The molecule has 31 heavy (non-hydrogen) atoms. The number of hydrogen-bond acceptors (Lipinski definition) is 4. The van der Waals surface area contributed by atoms with Crippen LogP contribution in [-0.4, -0.2) is 47.2 Å². The van der Waals surface area contributed by atoms with Crippen LogP contribution in [0.1, 0.15) is 37.8 Å². The predicted molar refractivity (Wildman–Crippen MR) is 126 cm³/mol. The van der Waals surface area contributed by atoms with E-state index in [1.807, 2.05) is 42.5 Å². The van der Waals surface area contributed by atoms with Crippen LogP contribution in [0, 0.1) is 0 Å². The van der Waals surface area contributed by atoms with Crippen molar-refractivity contribution in [2.75, 3.05) is 13.2 Å². The van der Waals surface area contributed by atoms with Gasteiger partial charge in [-0.1, -0.05) is 92.7 Å². The van der Waals surface area contributed by atoms with Crippen molar-refractivity contribution in [1.29, 1.82) is 0 Å². The van der Waals surface area contributed by atoms with E-state index in [2.05, 4.69) is 61.7 Å². The molecule has 0 unspecified atom stereocenters. The maximum absolute atomic E-state index is 11.5. The molecule has 0 radical (unpaired) electrons.